The summed E-state index contributed by atoms with van der Waals surface area (Å²) in [5.74, 6) is -0.862. The van der Waals surface area contributed by atoms with Crippen LogP contribution in [0.15, 0.2) is 35.4 Å². The average Bonchev–Trinajstić information content (AvgIpc) is 2.92. The van der Waals surface area contributed by atoms with Crippen molar-refractivity contribution in [1.29, 1.82) is 0 Å². The second kappa shape index (κ2) is 14.2. The normalized spacial score (nSPS) is 33.6. The average molecular weight is 583 g/mol. The number of ether oxygens (including phenoxy) is 4. The van der Waals surface area contributed by atoms with Crippen LogP contribution in [0.1, 0.15) is 56.1 Å². The highest BCUT2D eigenvalue weighted by Crippen LogP contribution is 2.35. The van der Waals surface area contributed by atoms with Crippen molar-refractivity contribution in [2.45, 2.75) is 109 Å². The van der Waals surface area contributed by atoms with Gasteiger partial charge in [0.05, 0.1) is 18.3 Å². The lowest BCUT2D eigenvalue weighted by atomic mass is 9.96. The molecule has 12 heteroatoms. The molecule has 0 bridgehead atoms. The number of hydrogen-bond acceptors (Lipinski definition) is 11. The molecule has 0 radical (unpaired) electrons. The van der Waals surface area contributed by atoms with Gasteiger partial charge in [0.25, 0.3) is 0 Å². The molecule has 2 saturated heterocycles. The molecule has 1 aromatic carbocycles. The van der Waals surface area contributed by atoms with Crippen LogP contribution in [0.25, 0.3) is 0 Å². The van der Waals surface area contributed by atoms with Gasteiger partial charge in [-0.2, -0.15) is 0 Å². The van der Waals surface area contributed by atoms with Crippen LogP contribution < -0.4 is 4.74 Å². The van der Waals surface area contributed by atoms with Crippen molar-refractivity contribution in [3.63, 3.8) is 0 Å². The lowest BCUT2D eigenvalue weighted by molar-refractivity contribution is -0.354. The van der Waals surface area contributed by atoms with Crippen LogP contribution in [0.3, 0.4) is 0 Å². The van der Waals surface area contributed by atoms with Gasteiger partial charge in [-0.05, 0) is 70.7 Å². The summed E-state index contributed by atoms with van der Waals surface area (Å²) in [5, 5.41) is 71.9. The summed E-state index contributed by atoms with van der Waals surface area (Å²) >= 11 is 0. The van der Waals surface area contributed by atoms with Gasteiger partial charge in [0.2, 0.25) is 6.29 Å². The number of allylic oxidation sites excluding steroid dienone is 4. The molecule has 41 heavy (non-hydrogen) atoms. The number of hydrogen-bond donors (Lipinski definition) is 7. The molecular weight excluding hydrogens is 540 g/mol. The third-order valence-corrected chi connectivity index (χ3v) is 7.11. The number of benzene rings is 1. The summed E-state index contributed by atoms with van der Waals surface area (Å²) in [6.45, 7) is 8.37. The zero-order valence-corrected chi connectivity index (χ0v) is 23.9. The van der Waals surface area contributed by atoms with E-state index in [1.54, 1.807) is 0 Å². The van der Waals surface area contributed by atoms with E-state index in [4.69, 9.17) is 18.9 Å². The Balaban J connectivity index is 2.07. The van der Waals surface area contributed by atoms with Crippen LogP contribution in [0.4, 0.5) is 0 Å². The predicted octanol–water partition coefficient (Wildman–Crippen LogP) is 0.433. The monoisotopic (exact) mass is 582 g/mol. The van der Waals surface area contributed by atoms with E-state index in [1.807, 2.05) is 39.8 Å². The van der Waals surface area contributed by atoms with Crippen molar-refractivity contribution >= 4 is 5.97 Å². The molecular formula is C29H42O12. The highest BCUT2D eigenvalue weighted by molar-refractivity contribution is 5.88. The molecule has 3 rings (SSSR count). The lowest BCUT2D eigenvalue weighted by Crippen LogP contribution is -2.64. The van der Waals surface area contributed by atoms with Crippen molar-refractivity contribution < 1.29 is 59.5 Å². The number of carboxylic acids is 1. The SMILES string of the molecule is CC(C)=CCc1cc(C(=O)O)cc(CC=C(C)C)c1O[C@@H]1O[C@H](CO)[C@@H](O)[C@H](O)[C@H]1O[C@@H]1O[C@@H](C)[C@H](O)[C@@H](O)[C@H]1O. The Morgan fingerprint density at radius 2 is 1.39 bits per heavy atom. The van der Waals surface area contributed by atoms with Crippen molar-refractivity contribution in [2.75, 3.05) is 6.61 Å². The first-order chi connectivity index (χ1) is 19.2. The molecule has 2 aliphatic heterocycles. The Hall–Kier alpha value is -2.39. The Labute approximate surface area is 239 Å². The van der Waals surface area contributed by atoms with Gasteiger partial charge >= 0.3 is 5.97 Å². The molecule has 1 aromatic rings. The Morgan fingerprint density at radius 3 is 1.88 bits per heavy atom. The maximum absolute atomic E-state index is 11.9. The molecule has 0 saturated carbocycles. The van der Waals surface area contributed by atoms with E-state index in [0.29, 0.717) is 24.0 Å². The molecule has 0 amide bonds. The van der Waals surface area contributed by atoms with Gasteiger partial charge in [0.1, 0.15) is 42.4 Å². The van der Waals surface area contributed by atoms with Gasteiger partial charge in [-0.1, -0.05) is 23.3 Å². The number of carbonyl (C=O) groups is 1. The fourth-order valence-corrected chi connectivity index (χ4v) is 4.65. The fourth-order valence-electron chi connectivity index (χ4n) is 4.65. The van der Waals surface area contributed by atoms with E-state index >= 15 is 0 Å². The lowest BCUT2D eigenvalue weighted by Gasteiger charge is -2.45. The Kier molecular flexibility index (Phi) is 11.5. The minimum absolute atomic E-state index is 0.0491. The standard InChI is InChI=1S/C29H42O12/c1-13(2)6-8-16-10-18(27(36)37)11-17(9-7-14(3)4)25(16)40-29-26(23(34)21(32)19(12-30)39-29)41-28-24(35)22(33)20(31)15(5)38-28/h6-7,10-11,15,19-24,26,28-35H,8-9,12H2,1-5H3,(H,36,37)/t15-,19+,20-,21+,22+,23-,24+,26+,28-,29-/m0/s1. The summed E-state index contributed by atoms with van der Waals surface area (Å²) in [7, 11) is 0. The molecule has 0 aromatic heterocycles. The minimum Gasteiger partial charge on any atom is -0.478 e. The van der Waals surface area contributed by atoms with Crippen LogP contribution in [-0.2, 0) is 27.1 Å². The van der Waals surface area contributed by atoms with Crippen LogP contribution in [0.2, 0.25) is 0 Å². The molecule has 0 spiro atoms. The number of aromatic carboxylic acids is 1. The van der Waals surface area contributed by atoms with Gasteiger partial charge in [0, 0.05) is 0 Å². The third-order valence-electron chi connectivity index (χ3n) is 7.11. The number of aliphatic hydroxyl groups is 6. The fraction of sp³-hybridized carbons (Fsp3) is 0.621. The van der Waals surface area contributed by atoms with Crippen molar-refractivity contribution in [1.82, 2.24) is 0 Å². The topological polar surface area (TPSA) is 196 Å². The highest BCUT2D eigenvalue weighted by atomic mass is 16.8. The second-order valence-electron chi connectivity index (χ2n) is 11.0. The largest absolute Gasteiger partial charge is 0.478 e. The van der Waals surface area contributed by atoms with Crippen LogP contribution >= 0.6 is 0 Å². The number of carboxylic acid groups (broad SMARTS) is 1. The van der Waals surface area contributed by atoms with Crippen LogP contribution in [-0.4, -0.2) is 110 Å². The minimum atomic E-state index is -1.71. The highest BCUT2D eigenvalue weighted by Gasteiger charge is 2.51. The van der Waals surface area contributed by atoms with E-state index < -0.39 is 74.0 Å². The number of aliphatic hydroxyl groups excluding tert-OH is 6. The quantitative estimate of drug-likeness (QED) is 0.188. The van der Waals surface area contributed by atoms with E-state index in [0.717, 1.165) is 11.1 Å². The van der Waals surface area contributed by atoms with Crippen molar-refractivity contribution in [3.8, 4) is 5.75 Å². The maximum Gasteiger partial charge on any atom is 0.335 e. The first-order valence-corrected chi connectivity index (χ1v) is 13.5. The van der Waals surface area contributed by atoms with E-state index in [-0.39, 0.29) is 11.3 Å². The van der Waals surface area contributed by atoms with Crippen LogP contribution in [0.5, 0.6) is 5.75 Å². The zero-order chi connectivity index (χ0) is 30.6. The molecule has 12 nitrogen and oxygen atoms in total. The second-order valence-corrected chi connectivity index (χ2v) is 11.0. The summed E-state index contributed by atoms with van der Waals surface area (Å²) in [4.78, 5) is 11.9. The molecule has 10 atom stereocenters. The maximum atomic E-state index is 11.9. The summed E-state index contributed by atoms with van der Waals surface area (Å²) in [5.41, 5.74) is 3.03. The molecule has 2 heterocycles. The predicted molar refractivity (Wildman–Crippen MR) is 145 cm³/mol. The number of rotatable bonds is 10. The van der Waals surface area contributed by atoms with Crippen LogP contribution in [0, 0.1) is 0 Å². The molecule has 7 N–H and O–H groups in total. The smallest absolute Gasteiger partial charge is 0.335 e. The van der Waals surface area contributed by atoms with Gasteiger partial charge in [-0.15, -0.1) is 0 Å². The summed E-state index contributed by atoms with van der Waals surface area (Å²) in [6.07, 6.45) is -10.4. The molecule has 2 fully saturated rings. The van der Waals surface area contributed by atoms with E-state index in [1.165, 1.54) is 19.1 Å². The van der Waals surface area contributed by atoms with Gasteiger partial charge < -0.3 is 54.7 Å². The molecule has 230 valence electrons. The third kappa shape index (κ3) is 7.92. The van der Waals surface area contributed by atoms with E-state index in [9.17, 15) is 40.5 Å². The van der Waals surface area contributed by atoms with Crippen molar-refractivity contribution in [2.24, 2.45) is 0 Å². The first-order valence-electron chi connectivity index (χ1n) is 13.5. The summed E-state index contributed by atoms with van der Waals surface area (Å²) in [6, 6.07) is 2.95. The van der Waals surface area contributed by atoms with Gasteiger partial charge in [-0.25, -0.2) is 4.79 Å². The van der Waals surface area contributed by atoms with Gasteiger partial charge in [0.15, 0.2) is 12.4 Å². The Bertz CT molecular complexity index is 1070. The van der Waals surface area contributed by atoms with Gasteiger partial charge in [-0.3, -0.25) is 0 Å². The van der Waals surface area contributed by atoms with Crippen molar-refractivity contribution in [3.05, 3.63) is 52.1 Å². The molecule has 0 unspecified atom stereocenters. The first kappa shape index (κ1) is 33.1. The zero-order valence-electron chi connectivity index (χ0n) is 23.9. The molecule has 2 aliphatic rings. The van der Waals surface area contributed by atoms with E-state index in [2.05, 4.69) is 0 Å². The summed E-state index contributed by atoms with van der Waals surface area (Å²) < 4.78 is 23.5. The Morgan fingerprint density at radius 1 is 0.829 bits per heavy atom. The molecule has 0 aliphatic carbocycles.